The summed E-state index contributed by atoms with van der Waals surface area (Å²) in [4.78, 5) is 6.43. The second-order valence-corrected chi connectivity index (χ2v) is 5.96. The van der Waals surface area contributed by atoms with E-state index in [1.165, 1.54) is 12.1 Å². The van der Waals surface area contributed by atoms with Crippen LogP contribution in [0, 0.1) is 5.82 Å². The highest BCUT2D eigenvalue weighted by atomic mass is 35.5. The second-order valence-electron chi connectivity index (χ2n) is 5.58. The molecule has 0 saturated heterocycles. The van der Waals surface area contributed by atoms with E-state index in [4.69, 9.17) is 11.6 Å². The van der Waals surface area contributed by atoms with Gasteiger partial charge in [-0.2, -0.15) is 0 Å². The predicted molar refractivity (Wildman–Crippen MR) is 89.6 cm³/mol. The second kappa shape index (κ2) is 5.97. The third-order valence-corrected chi connectivity index (χ3v) is 3.66. The monoisotopic (exact) mass is 317 g/mol. The number of fused-ring (bicyclic) bond motifs is 1. The minimum absolute atomic E-state index is 0.235. The smallest absolute Gasteiger partial charge is 0.131 e. The Balaban J connectivity index is 1.96. The van der Waals surface area contributed by atoms with Crippen molar-refractivity contribution in [3.8, 4) is 0 Å². The molecule has 0 spiro atoms. The number of rotatable bonds is 3. The quantitative estimate of drug-likeness (QED) is 0.833. The summed E-state index contributed by atoms with van der Waals surface area (Å²) in [6.07, 6.45) is 3.87. The molecule has 2 aromatic rings. The van der Waals surface area contributed by atoms with Crippen molar-refractivity contribution in [3.05, 3.63) is 58.8 Å². The Bertz CT molecular complexity index is 711. The molecule has 1 aliphatic rings. The number of halogens is 2. The summed E-state index contributed by atoms with van der Waals surface area (Å²) in [6.45, 7) is 4.82. The van der Waals surface area contributed by atoms with E-state index in [0.29, 0.717) is 17.7 Å². The van der Waals surface area contributed by atoms with Gasteiger partial charge in [-0.1, -0.05) is 11.6 Å². The number of hydrogen-bond acceptors (Lipinski definition) is 3. The van der Waals surface area contributed by atoms with E-state index in [1.54, 1.807) is 12.1 Å². The lowest BCUT2D eigenvalue weighted by molar-refractivity contribution is 0.627. The van der Waals surface area contributed by atoms with Crippen molar-refractivity contribution in [2.75, 3.05) is 10.2 Å². The van der Waals surface area contributed by atoms with Crippen molar-refractivity contribution in [2.45, 2.75) is 26.4 Å². The molecule has 22 heavy (non-hydrogen) atoms. The fraction of sp³-hybridized carbons (Fsp3) is 0.235. The van der Waals surface area contributed by atoms with Crippen LogP contribution in [0.5, 0.6) is 0 Å². The van der Waals surface area contributed by atoms with E-state index < -0.39 is 0 Å². The molecular formula is C17H17ClFN3. The van der Waals surface area contributed by atoms with Crippen LogP contribution < -0.4 is 10.2 Å². The van der Waals surface area contributed by atoms with E-state index in [9.17, 15) is 4.39 Å². The lowest BCUT2D eigenvalue weighted by Gasteiger charge is -2.27. The zero-order chi connectivity index (χ0) is 15.7. The number of nitrogens with zero attached hydrogens (tertiary/aromatic N) is 2. The maximum absolute atomic E-state index is 13.1. The molecule has 0 amide bonds. The van der Waals surface area contributed by atoms with Gasteiger partial charge in [-0.05, 0) is 50.3 Å². The van der Waals surface area contributed by atoms with Crippen molar-refractivity contribution in [2.24, 2.45) is 0 Å². The van der Waals surface area contributed by atoms with Gasteiger partial charge in [0, 0.05) is 29.2 Å². The molecule has 0 unspecified atom stereocenters. The van der Waals surface area contributed by atoms with Gasteiger partial charge in [0.05, 0.1) is 12.2 Å². The standard InChI is InChI=1S/C17H17ClFN3/c1-11(2)20-16-9-17(18)21-15-7-8-22(10-14(15)16)13-5-3-12(19)4-6-13/h3-9,11H,10H2,1-2H3,(H,20,21). The van der Waals surface area contributed by atoms with Gasteiger partial charge in [0.25, 0.3) is 0 Å². The van der Waals surface area contributed by atoms with Crippen LogP contribution >= 0.6 is 11.6 Å². The Kier molecular flexibility index (Phi) is 4.03. The van der Waals surface area contributed by atoms with Gasteiger partial charge >= 0.3 is 0 Å². The van der Waals surface area contributed by atoms with Crippen LogP contribution in [0.15, 0.2) is 36.5 Å². The van der Waals surface area contributed by atoms with Gasteiger partial charge in [0.1, 0.15) is 11.0 Å². The molecule has 114 valence electrons. The first-order valence-electron chi connectivity index (χ1n) is 7.19. The molecule has 1 aliphatic heterocycles. The molecule has 2 heterocycles. The fourth-order valence-corrected chi connectivity index (χ4v) is 2.70. The molecule has 0 fully saturated rings. The minimum Gasteiger partial charge on any atom is -0.382 e. The van der Waals surface area contributed by atoms with Crippen LogP contribution in [0.2, 0.25) is 5.15 Å². The van der Waals surface area contributed by atoms with Crippen LogP contribution in [0.3, 0.4) is 0 Å². The van der Waals surface area contributed by atoms with Crippen LogP contribution in [0.1, 0.15) is 25.1 Å². The molecule has 3 nitrogen and oxygen atoms in total. The normalized spacial score (nSPS) is 13.4. The summed E-state index contributed by atoms with van der Waals surface area (Å²) in [5.41, 5.74) is 3.88. The highest BCUT2D eigenvalue weighted by Gasteiger charge is 2.18. The largest absolute Gasteiger partial charge is 0.382 e. The highest BCUT2D eigenvalue weighted by molar-refractivity contribution is 6.29. The molecule has 1 aromatic heterocycles. The average Bonchev–Trinajstić information content (AvgIpc) is 2.47. The summed E-state index contributed by atoms with van der Waals surface area (Å²) < 4.78 is 13.1. The maximum atomic E-state index is 13.1. The molecule has 1 aromatic carbocycles. The molecule has 0 bridgehead atoms. The van der Waals surface area contributed by atoms with Crippen molar-refractivity contribution >= 4 is 29.1 Å². The summed E-state index contributed by atoms with van der Waals surface area (Å²) in [5, 5.41) is 3.88. The molecule has 1 N–H and O–H groups in total. The molecule has 5 heteroatoms. The zero-order valence-corrected chi connectivity index (χ0v) is 13.2. The summed E-state index contributed by atoms with van der Waals surface area (Å²) >= 11 is 6.10. The van der Waals surface area contributed by atoms with E-state index in [2.05, 4.69) is 29.0 Å². The van der Waals surface area contributed by atoms with Crippen LogP contribution in [0.4, 0.5) is 15.8 Å². The summed E-state index contributed by atoms with van der Waals surface area (Å²) in [7, 11) is 0. The molecule has 0 radical (unpaired) electrons. The van der Waals surface area contributed by atoms with Crippen molar-refractivity contribution < 1.29 is 4.39 Å². The van der Waals surface area contributed by atoms with Gasteiger partial charge in [0.2, 0.25) is 0 Å². The SMILES string of the molecule is CC(C)Nc1cc(Cl)nc2c1CN(c1ccc(F)cc1)C=C2. The average molecular weight is 318 g/mol. The number of nitrogens with one attached hydrogen (secondary N) is 1. The van der Waals surface area contributed by atoms with E-state index in [0.717, 1.165) is 22.6 Å². The van der Waals surface area contributed by atoms with Gasteiger partial charge in [-0.25, -0.2) is 9.37 Å². The Labute approximate surface area is 134 Å². The first-order valence-corrected chi connectivity index (χ1v) is 7.57. The van der Waals surface area contributed by atoms with Crippen LogP contribution in [0.25, 0.3) is 6.08 Å². The molecule has 0 atom stereocenters. The number of hydrogen-bond donors (Lipinski definition) is 1. The summed E-state index contributed by atoms with van der Waals surface area (Å²) in [5.74, 6) is -0.235. The zero-order valence-electron chi connectivity index (χ0n) is 12.5. The Morgan fingerprint density at radius 2 is 2.00 bits per heavy atom. The lowest BCUT2D eigenvalue weighted by atomic mass is 10.1. The van der Waals surface area contributed by atoms with E-state index in [1.807, 2.05) is 18.3 Å². The topological polar surface area (TPSA) is 28.2 Å². The molecule has 3 rings (SSSR count). The van der Waals surface area contributed by atoms with Crippen molar-refractivity contribution in [1.82, 2.24) is 4.98 Å². The van der Waals surface area contributed by atoms with Crippen LogP contribution in [-0.4, -0.2) is 11.0 Å². The number of aromatic nitrogens is 1. The fourth-order valence-electron chi connectivity index (χ4n) is 2.50. The third-order valence-electron chi connectivity index (χ3n) is 3.47. The summed E-state index contributed by atoms with van der Waals surface area (Å²) in [6, 6.07) is 8.61. The van der Waals surface area contributed by atoms with E-state index in [-0.39, 0.29) is 5.82 Å². The van der Waals surface area contributed by atoms with Gasteiger partial charge in [0.15, 0.2) is 0 Å². The predicted octanol–water partition coefficient (Wildman–Crippen LogP) is 4.69. The Hall–Kier alpha value is -2.07. The highest BCUT2D eigenvalue weighted by Crippen LogP contribution is 2.31. The van der Waals surface area contributed by atoms with Crippen molar-refractivity contribution in [3.63, 3.8) is 0 Å². The first-order chi connectivity index (χ1) is 10.5. The molecular weight excluding hydrogens is 301 g/mol. The first kappa shape index (κ1) is 14.9. The van der Waals surface area contributed by atoms with E-state index >= 15 is 0 Å². The van der Waals surface area contributed by atoms with Gasteiger partial charge in [-0.15, -0.1) is 0 Å². The lowest BCUT2D eigenvalue weighted by Crippen LogP contribution is -2.22. The van der Waals surface area contributed by atoms with Gasteiger partial charge in [-0.3, -0.25) is 0 Å². The van der Waals surface area contributed by atoms with Gasteiger partial charge < -0.3 is 10.2 Å². The Morgan fingerprint density at radius 1 is 1.27 bits per heavy atom. The van der Waals surface area contributed by atoms with Crippen molar-refractivity contribution in [1.29, 1.82) is 0 Å². The molecule has 0 saturated carbocycles. The number of anilines is 2. The number of benzene rings is 1. The Morgan fingerprint density at radius 3 is 2.68 bits per heavy atom. The maximum Gasteiger partial charge on any atom is 0.131 e. The molecule has 0 aliphatic carbocycles. The number of pyridine rings is 1. The third kappa shape index (κ3) is 3.07. The minimum atomic E-state index is -0.235. The van der Waals surface area contributed by atoms with Crippen LogP contribution in [-0.2, 0) is 6.54 Å².